The van der Waals surface area contributed by atoms with Crippen molar-refractivity contribution >= 4 is 0 Å². The smallest absolute Gasteiger partial charge is 0.169 e. The van der Waals surface area contributed by atoms with Crippen LogP contribution in [0.25, 0.3) is 0 Å². The van der Waals surface area contributed by atoms with Crippen LogP contribution in [0, 0.1) is 0 Å². The number of halogens is 1. The van der Waals surface area contributed by atoms with E-state index in [9.17, 15) is 0 Å². The van der Waals surface area contributed by atoms with Gasteiger partial charge in [0.2, 0.25) is 0 Å². The Bertz CT molecular complexity index is 415. The van der Waals surface area contributed by atoms with Gasteiger partial charge in [-0.05, 0) is 24.3 Å². The van der Waals surface area contributed by atoms with Gasteiger partial charge in [0, 0.05) is 18.6 Å². The van der Waals surface area contributed by atoms with Crippen molar-refractivity contribution in [2.45, 2.75) is 130 Å². The molecule has 0 spiro atoms. The fourth-order valence-corrected chi connectivity index (χ4v) is 3.87. The number of nitrogens with zero attached hydrogens (tertiary/aromatic N) is 1. The maximum Gasteiger partial charge on any atom is 0.169 e. The summed E-state index contributed by atoms with van der Waals surface area (Å²) in [6, 6.07) is 4.81. The lowest BCUT2D eigenvalue weighted by molar-refractivity contribution is -0.697. The molecule has 0 aliphatic carbocycles. The molecule has 1 atom stereocenters. The molecule has 2 heteroatoms. The van der Waals surface area contributed by atoms with Gasteiger partial charge in [-0.15, -0.1) is 0 Å². The maximum absolute atomic E-state index is 2.40. The van der Waals surface area contributed by atoms with Crippen LogP contribution >= 0.6 is 0 Å². The molecule has 1 unspecified atom stereocenters. The standard InChI is InChI=1S/C25H46N.BrH/c1-4-7-10-12-13-14-16-18-24(17-15-11-8-5-2)25-19-22-26(23-20-25)21-9-6-3;/h19-20,22-24H,4-18,21H2,1-3H3;1H/q+1;/p-1. The molecule has 27 heavy (non-hydrogen) atoms. The second-order valence-electron chi connectivity index (χ2n) is 8.18. The Labute approximate surface area is 181 Å². The van der Waals surface area contributed by atoms with Crippen LogP contribution < -0.4 is 21.5 Å². The monoisotopic (exact) mass is 439 g/mol. The van der Waals surface area contributed by atoms with Crippen LogP contribution in [-0.4, -0.2) is 0 Å². The molecule has 1 rings (SSSR count). The van der Waals surface area contributed by atoms with Crippen LogP contribution in [0.3, 0.4) is 0 Å². The van der Waals surface area contributed by atoms with Gasteiger partial charge in [-0.25, -0.2) is 4.57 Å². The van der Waals surface area contributed by atoms with Gasteiger partial charge in [0.25, 0.3) is 0 Å². The molecule has 0 fully saturated rings. The van der Waals surface area contributed by atoms with Crippen molar-refractivity contribution in [2.24, 2.45) is 0 Å². The number of rotatable bonds is 17. The quantitative estimate of drug-likeness (QED) is 0.238. The summed E-state index contributed by atoms with van der Waals surface area (Å²) in [5, 5.41) is 0. The lowest BCUT2D eigenvalue weighted by Gasteiger charge is -2.17. The van der Waals surface area contributed by atoms with E-state index in [-0.39, 0.29) is 17.0 Å². The summed E-state index contributed by atoms with van der Waals surface area (Å²) in [7, 11) is 0. The SMILES string of the molecule is CCCCCCCCCC(CCCCCC)c1cc[n+](CCCC)cc1.[Br-]. The van der Waals surface area contributed by atoms with E-state index in [1.54, 1.807) is 5.56 Å². The van der Waals surface area contributed by atoms with Gasteiger partial charge >= 0.3 is 0 Å². The zero-order chi connectivity index (χ0) is 18.9. The van der Waals surface area contributed by atoms with Crippen LogP contribution in [0.1, 0.15) is 129 Å². The average molecular weight is 441 g/mol. The largest absolute Gasteiger partial charge is 1.00 e. The minimum Gasteiger partial charge on any atom is -1.00 e. The Morgan fingerprint density at radius 3 is 1.59 bits per heavy atom. The van der Waals surface area contributed by atoms with Crippen molar-refractivity contribution in [3.05, 3.63) is 30.1 Å². The normalized spacial score (nSPS) is 12.0. The first-order valence-corrected chi connectivity index (χ1v) is 11.8. The highest BCUT2D eigenvalue weighted by Crippen LogP contribution is 2.28. The molecule has 0 aromatic carbocycles. The summed E-state index contributed by atoms with van der Waals surface area (Å²) in [6.45, 7) is 8.04. The second kappa shape index (κ2) is 19.0. The van der Waals surface area contributed by atoms with Gasteiger partial charge in [-0.3, -0.25) is 0 Å². The highest BCUT2D eigenvalue weighted by molar-refractivity contribution is 5.13. The summed E-state index contributed by atoms with van der Waals surface area (Å²) in [6.07, 6.45) is 25.4. The van der Waals surface area contributed by atoms with Crippen molar-refractivity contribution in [3.8, 4) is 0 Å². The Kier molecular flexibility index (Phi) is 18.7. The summed E-state index contributed by atoms with van der Waals surface area (Å²) in [5.41, 5.74) is 1.58. The summed E-state index contributed by atoms with van der Waals surface area (Å²) < 4.78 is 2.36. The molecular formula is C25H46BrN. The minimum absolute atomic E-state index is 0. The molecule has 0 amide bonds. The average Bonchev–Trinajstić information content (AvgIpc) is 2.67. The number of unbranched alkanes of at least 4 members (excludes halogenated alkanes) is 10. The topological polar surface area (TPSA) is 3.88 Å². The van der Waals surface area contributed by atoms with Gasteiger partial charge in [0.1, 0.15) is 6.54 Å². The second-order valence-corrected chi connectivity index (χ2v) is 8.18. The van der Waals surface area contributed by atoms with Crippen LogP contribution in [-0.2, 0) is 6.54 Å². The Balaban J connectivity index is 0.00000676. The molecule has 1 heterocycles. The number of aromatic nitrogens is 1. The van der Waals surface area contributed by atoms with Gasteiger partial charge in [-0.1, -0.05) is 97.8 Å². The first-order valence-electron chi connectivity index (χ1n) is 11.8. The zero-order valence-corrected chi connectivity index (χ0v) is 20.1. The van der Waals surface area contributed by atoms with Crippen molar-refractivity contribution in [2.75, 3.05) is 0 Å². The molecule has 1 aromatic rings. The van der Waals surface area contributed by atoms with Crippen molar-refractivity contribution in [3.63, 3.8) is 0 Å². The van der Waals surface area contributed by atoms with Crippen molar-refractivity contribution in [1.82, 2.24) is 0 Å². The molecule has 158 valence electrons. The van der Waals surface area contributed by atoms with E-state index in [0.29, 0.717) is 0 Å². The third-order valence-corrected chi connectivity index (χ3v) is 5.72. The lowest BCUT2D eigenvalue weighted by atomic mass is 9.88. The molecule has 0 saturated carbocycles. The Hall–Kier alpha value is -0.370. The van der Waals surface area contributed by atoms with Crippen molar-refractivity contribution in [1.29, 1.82) is 0 Å². The van der Waals surface area contributed by atoms with E-state index in [0.717, 1.165) is 12.5 Å². The highest BCUT2D eigenvalue weighted by Gasteiger charge is 2.13. The predicted molar refractivity (Wildman–Crippen MR) is 116 cm³/mol. The van der Waals surface area contributed by atoms with Gasteiger partial charge in [-0.2, -0.15) is 0 Å². The van der Waals surface area contributed by atoms with Crippen molar-refractivity contribution < 1.29 is 21.5 Å². The van der Waals surface area contributed by atoms with Gasteiger partial charge in [0.05, 0.1) is 0 Å². The highest BCUT2D eigenvalue weighted by atomic mass is 79.9. The van der Waals surface area contributed by atoms with Gasteiger partial charge < -0.3 is 17.0 Å². The Morgan fingerprint density at radius 1 is 0.630 bits per heavy atom. The van der Waals surface area contributed by atoms with E-state index in [2.05, 4.69) is 49.9 Å². The minimum atomic E-state index is 0. The molecule has 0 saturated heterocycles. The number of aryl methyl sites for hydroxylation is 1. The van der Waals surface area contributed by atoms with Crippen LogP contribution in [0.2, 0.25) is 0 Å². The molecule has 0 radical (unpaired) electrons. The third-order valence-electron chi connectivity index (χ3n) is 5.72. The van der Waals surface area contributed by atoms with E-state index in [4.69, 9.17) is 0 Å². The molecule has 1 aromatic heterocycles. The maximum atomic E-state index is 2.40. The van der Waals surface area contributed by atoms with E-state index in [1.165, 1.54) is 96.3 Å². The van der Waals surface area contributed by atoms with Crippen LogP contribution in [0.4, 0.5) is 0 Å². The van der Waals surface area contributed by atoms with Gasteiger partial charge in [0.15, 0.2) is 12.4 Å². The zero-order valence-electron chi connectivity index (χ0n) is 18.5. The summed E-state index contributed by atoms with van der Waals surface area (Å²) in [4.78, 5) is 0. The predicted octanol–water partition coefficient (Wildman–Crippen LogP) is 4.97. The summed E-state index contributed by atoms with van der Waals surface area (Å²) >= 11 is 0. The van der Waals surface area contributed by atoms with E-state index < -0.39 is 0 Å². The Morgan fingerprint density at radius 2 is 1.07 bits per heavy atom. The van der Waals surface area contributed by atoms with E-state index in [1.807, 2.05) is 0 Å². The van der Waals surface area contributed by atoms with Crippen LogP contribution in [0.5, 0.6) is 0 Å². The first-order chi connectivity index (χ1) is 12.8. The number of pyridine rings is 1. The molecular weight excluding hydrogens is 394 g/mol. The molecule has 0 N–H and O–H groups in total. The molecule has 1 nitrogen and oxygen atoms in total. The first kappa shape index (κ1) is 26.6. The molecule has 0 bridgehead atoms. The number of hydrogen-bond acceptors (Lipinski definition) is 0. The number of hydrogen-bond donors (Lipinski definition) is 0. The molecule has 0 aliphatic rings. The summed E-state index contributed by atoms with van der Waals surface area (Å²) in [5.74, 6) is 0.781. The van der Waals surface area contributed by atoms with E-state index >= 15 is 0 Å². The lowest BCUT2D eigenvalue weighted by Crippen LogP contribution is -3.00. The third kappa shape index (κ3) is 13.4. The molecule has 0 aliphatic heterocycles. The van der Waals surface area contributed by atoms with Crippen LogP contribution in [0.15, 0.2) is 24.5 Å². The fraction of sp³-hybridized carbons (Fsp3) is 0.800. The fourth-order valence-electron chi connectivity index (χ4n) is 3.87.